The fraction of sp³-hybridized carbons (Fsp3) is 0. The molecule has 0 bridgehead atoms. The molecule has 0 spiro atoms. The van der Waals surface area contributed by atoms with E-state index >= 15 is 0 Å². The second-order valence-corrected chi connectivity index (χ2v) is 0. The third-order valence-electron chi connectivity index (χ3n) is 0. The molecule has 0 aliphatic heterocycles. The van der Waals surface area contributed by atoms with Crippen LogP contribution in [-0.4, -0.2) is 0 Å². The Morgan fingerprint density at radius 1 is 0.500 bits per heavy atom. The van der Waals surface area contributed by atoms with Gasteiger partial charge in [0.1, 0.15) is 0 Å². The molecule has 0 aromatic heterocycles. The molecule has 27 valence electrons. The van der Waals surface area contributed by atoms with Gasteiger partial charge in [0.2, 0.25) is 0 Å². The number of rotatable bonds is 0. The van der Waals surface area contributed by atoms with Crippen molar-refractivity contribution in [3.05, 3.63) is 0 Å². The summed E-state index contributed by atoms with van der Waals surface area (Å²) in [7, 11) is 0. The molecule has 0 aliphatic rings. The fourth-order valence-electron chi connectivity index (χ4n) is 0. The van der Waals surface area contributed by atoms with E-state index in [2.05, 4.69) is 0 Å². The zero-order valence-corrected chi connectivity index (χ0v) is 4.79. The molecule has 0 amide bonds. The van der Waals surface area contributed by atoms with E-state index in [1.165, 1.54) is 0 Å². The first-order valence-corrected chi connectivity index (χ1v) is 0. The Kier molecular flexibility index (Phi) is 4040. The second-order valence-electron chi connectivity index (χ2n) is 0. The Morgan fingerprint density at radius 2 is 0.500 bits per heavy atom. The first-order valence-electron chi connectivity index (χ1n) is 0. The average Bonchev–Trinajstić information content (AvgIpc) is 0. The zero-order chi connectivity index (χ0) is 0. The SMILES string of the molecule is [F-].[F-].[F-].[Ta+2]. The number of hydrogen-bond donors (Lipinski definition) is 0. The standard InChI is InChI=1S/3FH.Ta/h3*1H;/q;;;+2/p-3. The Bertz CT molecular complexity index is 3.25. The van der Waals surface area contributed by atoms with Crippen LogP contribution in [0.15, 0.2) is 0 Å². The van der Waals surface area contributed by atoms with Crippen LogP contribution in [0.4, 0.5) is 0 Å². The van der Waals surface area contributed by atoms with Gasteiger partial charge in [0.15, 0.2) is 0 Å². The van der Waals surface area contributed by atoms with Crippen molar-refractivity contribution in [2.75, 3.05) is 0 Å². The molecule has 4 heavy (non-hydrogen) atoms. The summed E-state index contributed by atoms with van der Waals surface area (Å²) in [5.74, 6) is 0. The van der Waals surface area contributed by atoms with Gasteiger partial charge in [-0.1, -0.05) is 0 Å². The van der Waals surface area contributed by atoms with Crippen LogP contribution in [0.25, 0.3) is 0 Å². The normalized spacial score (nSPS) is 0. The third-order valence-corrected chi connectivity index (χ3v) is 0. The fourth-order valence-corrected chi connectivity index (χ4v) is 0. The van der Waals surface area contributed by atoms with E-state index < -0.39 is 0 Å². The Hall–Kier alpha value is 0.530. The smallest absolute Gasteiger partial charge is 1.00 e. The van der Waals surface area contributed by atoms with Gasteiger partial charge in [0, 0.05) is 0 Å². The largest absolute Gasteiger partial charge is 2.00 e. The van der Waals surface area contributed by atoms with Crippen molar-refractivity contribution < 1.29 is 36.5 Å². The minimum atomic E-state index is 0. The van der Waals surface area contributed by atoms with Gasteiger partial charge in [-0.25, -0.2) is 0 Å². The molecule has 0 saturated heterocycles. The van der Waals surface area contributed by atoms with Crippen LogP contribution in [0.5, 0.6) is 0 Å². The van der Waals surface area contributed by atoms with Crippen molar-refractivity contribution in [2.45, 2.75) is 0 Å². The molecular weight excluding hydrogens is 238 g/mol. The molecule has 0 nitrogen and oxygen atoms in total. The van der Waals surface area contributed by atoms with Crippen LogP contribution in [0, 0.1) is 0 Å². The molecule has 0 rings (SSSR count). The summed E-state index contributed by atoms with van der Waals surface area (Å²) in [6, 6.07) is 0. The summed E-state index contributed by atoms with van der Waals surface area (Å²) in [6.07, 6.45) is 0. The molecule has 0 aromatic rings. The van der Waals surface area contributed by atoms with Gasteiger partial charge in [-0.2, -0.15) is 0 Å². The predicted octanol–water partition coefficient (Wildman–Crippen LogP) is -8.99. The van der Waals surface area contributed by atoms with E-state index in [0.717, 1.165) is 0 Å². The van der Waals surface area contributed by atoms with Gasteiger partial charge in [-0.05, 0) is 0 Å². The maximum atomic E-state index is 0. The van der Waals surface area contributed by atoms with E-state index in [1.807, 2.05) is 0 Å². The second kappa shape index (κ2) is 80.4. The first-order chi connectivity index (χ1) is 0. The Balaban J connectivity index is 0. The van der Waals surface area contributed by atoms with Crippen LogP contribution in [0.2, 0.25) is 0 Å². The van der Waals surface area contributed by atoms with Crippen LogP contribution in [0.3, 0.4) is 0 Å². The van der Waals surface area contributed by atoms with Crippen LogP contribution in [0.1, 0.15) is 0 Å². The molecule has 0 N–H and O–H groups in total. The topological polar surface area (TPSA) is 0 Å². The third kappa shape index (κ3) is 21.1. The molecular formula is F3Ta-. The first kappa shape index (κ1) is 201. The van der Waals surface area contributed by atoms with Crippen molar-refractivity contribution >= 4 is 0 Å². The van der Waals surface area contributed by atoms with Crippen molar-refractivity contribution in [2.24, 2.45) is 0 Å². The van der Waals surface area contributed by atoms with Crippen LogP contribution >= 0.6 is 0 Å². The van der Waals surface area contributed by atoms with E-state index in [0.29, 0.717) is 0 Å². The monoisotopic (exact) mass is 238 g/mol. The van der Waals surface area contributed by atoms with Gasteiger partial charge in [-0.15, -0.1) is 0 Å². The van der Waals surface area contributed by atoms with E-state index in [1.54, 1.807) is 0 Å². The van der Waals surface area contributed by atoms with Gasteiger partial charge in [0.05, 0.1) is 0 Å². The molecule has 0 atom stereocenters. The quantitative estimate of drug-likeness (QED) is 0.393. The van der Waals surface area contributed by atoms with E-state index in [4.69, 9.17) is 0 Å². The Morgan fingerprint density at radius 3 is 0.500 bits per heavy atom. The van der Waals surface area contributed by atoms with Gasteiger partial charge >= 0.3 is 22.4 Å². The van der Waals surface area contributed by atoms with Crippen LogP contribution < -0.4 is 14.1 Å². The minimum Gasteiger partial charge on any atom is -1.00 e. The van der Waals surface area contributed by atoms with Crippen molar-refractivity contribution in [1.29, 1.82) is 0 Å². The molecule has 0 aromatic carbocycles. The average molecular weight is 238 g/mol. The van der Waals surface area contributed by atoms with Gasteiger partial charge < -0.3 is 14.1 Å². The summed E-state index contributed by atoms with van der Waals surface area (Å²) < 4.78 is 0. The van der Waals surface area contributed by atoms with E-state index in [9.17, 15) is 0 Å². The van der Waals surface area contributed by atoms with Crippen LogP contribution in [-0.2, 0) is 22.4 Å². The molecule has 0 aliphatic carbocycles. The van der Waals surface area contributed by atoms with Crippen molar-refractivity contribution in [3.8, 4) is 0 Å². The molecule has 4 heteroatoms. The zero-order valence-electron chi connectivity index (χ0n) is 1.58. The predicted molar refractivity (Wildman–Crippen MR) is 0 cm³/mol. The molecule has 0 unspecified atom stereocenters. The maximum absolute atomic E-state index is 0. The Labute approximate surface area is 37.2 Å². The molecule has 0 heterocycles. The van der Waals surface area contributed by atoms with Gasteiger partial charge in [-0.3, -0.25) is 0 Å². The number of halogens is 3. The molecule has 0 fully saturated rings. The summed E-state index contributed by atoms with van der Waals surface area (Å²) in [5, 5.41) is 0. The van der Waals surface area contributed by atoms with Gasteiger partial charge in [0.25, 0.3) is 0 Å². The molecule has 1 radical (unpaired) electrons. The van der Waals surface area contributed by atoms with E-state index in [-0.39, 0.29) is 36.5 Å². The maximum Gasteiger partial charge on any atom is 2.00 e. The number of hydrogen-bond acceptors (Lipinski definition) is 0. The molecule has 0 saturated carbocycles. The summed E-state index contributed by atoms with van der Waals surface area (Å²) in [6.45, 7) is 0. The summed E-state index contributed by atoms with van der Waals surface area (Å²) in [4.78, 5) is 0. The summed E-state index contributed by atoms with van der Waals surface area (Å²) in [5.41, 5.74) is 0. The van der Waals surface area contributed by atoms with Crippen molar-refractivity contribution in [1.82, 2.24) is 0 Å². The summed E-state index contributed by atoms with van der Waals surface area (Å²) >= 11 is 0. The van der Waals surface area contributed by atoms with Crippen molar-refractivity contribution in [3.63, 3.8) is 0 Å². The minimum absolute atomic E-state index is 0.